The number of para-hydroxylation sites is 1. The van der Waals surface area contributed by atoms with Crippen molar-refractivity contribution in [2.24, 2.45) is 0 Å². The zero-order valence-electron chi connectivity index (χ0n) is 21.6. The van der Waals surface area contributed by atoms with Crippen molar-refractivity contribution in [2.75, 3.05) is 0 Å². The van der Waals surface area contributed by atoms with Crippen molar-refractivity contribution in [1.29, 1.82) is 0 Å². The van der Waals surface area contributed by atoms with Gasteiger partial charge in [0.2, 0.25) is 0 Å². The molecule has 7 heteroatoms. The Hall–Kier alpha value is -5.82. The maximum absolute atomic E-state index is 6.13. The fourth-order valence-corrected chi connectivity index (χ4v) is 5.06. The average molecular weight is 529 g/mol. The molecule has 0 aliphatic heterocycles. The summed E-state index contributed by atoms with van der Waals surface area (Å²) in [5.41, 5.74) is 6.07. The molecule has 0 aliphatic rings. The number of fused-ring (bicyclic) bond motifs is 4. The van der Waals surface area contributed by atoms with Crippen molar-refractivity contribution in [1.82, 2.24) is 29.9 Å². The molecule has 41 heavy (non-hydrogen) atoms. The standard InChI is InChI=1S/C34H20N6O/c1-3-10-21(11-4-1)31-38-32(22-12-5-2-6-13-22)40-34(39-31)25-18-28(37-33-24(25)15-9-17-35-33)27-19-30-26(20-36-27)23-14-7-8-16-29(23)41-30/h1-20H. The Kier molecular flexibility index (Phi) is 5.31. The topological polar surface area (TPSA) is 90.5 Å². The van der Waals surface area contributed by atoms with E-state index in [2.05, 4.69) is 4.98 Å². The van der Waals surface area contributed by atoms with Gasteiger partial charge in [0.15, 0.2) is 23.1 Å². The smallest absolute Gasteiger partial charge is 0.164 e. The van der Waals surface area contributed by atoms with Crippen LogP contribution in [0.25, 0.3) is 78.5 Å². The molecule has 0 bridgehead atoms. The maximum atomic E-state index is 6.13. The van der Waals surface area contributed by atoms with E-state index in [1.54, 1.807) is 6.20 Å². The Morgan fingerprint density at radius 3 is 1.88 bits per heavy atom. The second kappa shape index (κ2) is 9.43. The van der Waals surface area contributed by atoms with Crippen LogP contribution < -0.4 is 0 Å². The van der Waals surface area contributed by atoms with Crippen LogP contribution >= 0.6 is 0 Å². The fourth-order valence-electron chi connectivity index (χ4n) is 5.06. The van der Waals surface area contributed by atoms with Crippen LogP contribution in [0, 0.1) is 0 Å². The quantitative estimate of drug-likeness (QED) is 0.230. The molecule has 192 valence electrons. The molecule has 0 saturated heterocycles. The Labute approximate surface area is 234 Å². The summed E-state index contributed by atoms with van der Waals surface area (Å²) < 4.78 is 6.13. The van der Waals surface area contributed by atoms with Crippen LogP contribution in [0.4, 0.5) is 0 Å². The van der Waals surface area contributed by atoms with E-state index in [0.717, 1.165) is 44.0 Å². The number of hydrogen-bond acceptors (Lipinski definition) is 7. The first-order valence-corrected chi connectivity index (χ1v) is 13.2. The molecule has 0 N–H and O–H groups in total. The van der Waals surface area contributed by atoms with Gasteiger partial charge < -0.3 is 4.42 Å². The van der Waals surface area contributed by atoms with Crippen LogP contribution in [0.3, 0.4) is 0 Å². The van der Waals surface area contributed by atoms with Gasteiger partial charge in [0, 0.05) is 51.3 Å². The molecule has 7 nitrogen and oxygen atoms in total. The summed E-state index contributed by atoms with van der Waals surface area (Å²) in [4.78, 5) is 28.9. The Morgan fingerprint density at radius 2 is 1.12 bits per heavy atom. The molecule has 0 aliphatic carbocycles. The van der Waals surface area contributed by atoms with E-state index < -0.39 is 0 Å². The van der Waals surface area contributed by atoms with Gasteiger partial charge in [-0.1, -0.05) is 78.9 Å². The highest BCUT2D eigenvalue weighted by molar-refractivity contribution is 6.05. The van der Waals surface area contributed by atoms with Crippen molar-refractivity contribution in [3.05, 3.63) is 122 Å². The minimum atomic E-state index is 0.532. The van der Waals surface area contributed by atoms with E-state index in [-0.39, 0.29) is 0 Å². The fraction of sp³-hybridized carbons (Fsp3) is 0. The van der Waals surface area contributed by atoms with Crippen LogP contribution in [0.15, 0.2) is 126 Å². The molecular weight excluding hydrogens is 508 g/mol. The Balaban J connectivity index is 1.36. The second-order valence-corrected chi connectivity index (χ2v) is 9.63. The van der Waals surface area contributed by atoms with Crippen LogP contribution in [-0.4, -0.2) is 29.9 Å². The Morgan fingerprint density at radius 1 is 0.463 bits per heavy atom. The molecule has 5 heterocycles. The van der Waals surface area contributed by atoms with Crippen molar-refractivity contribution < 1.29 is 4.42 Å². The van der Waals surface area contributed by atoms with Gasteiger partial charge in [-0.2, -0.15) is 0 Å². The number of benzene rings is 3. The van der Waals surface area contributed by atoms with Gasteiger partial charge in [0.05, 0.1) is 11.4 Å². The monoisotopic (exact) mass is 528 g/mol. The van der Waals surface area contributed by atoms with Crippen molar-refractivity contribution in [2.45, 2.75) is 0 Å². The number of hydrogen-bond donors (Lipinski definition) is 0. The van der Waals surface area contributed by atoms with Crippen LogP contribution in [0.5, 0.6) is 0 Å². The lowest BCUT2D eigenvalue weighted by Gasteiger charge is -2.11. The van der Waals surface area contributed by atoms with Gasteiger partial charge in [-0.05, 0) is 24.3 Å². The second-order valence-electron chi connectivity index (χ2n) is 9.63. The predicted molar refractivity (Wildman–Crippen MR) is 160 cm³/mol. The summed E-state index contributed by atoms with van der Waals surface area (Å²) in [6, 6.07) is 35.6. The van der Waals surface area contributed by atoms with E-state index in [9.17, 15) is 0 Å². The van der Waals surface area contributed by atoms with Crippen molar-refractivity contribution in [3.8, 4) is 45.6 Å². The average Bonchev–Trinajstić information content (AvgIpc) is 3.43. The largest absolute Gasteiger partial charge is 0.456 e. The first-order valence-electron chi connectivity index (χ1n) is 13.2. The van der Waals surface area contributed by atoms with Crippen LogP contribution in [-0.2, 0) is 0 Å². The van der Waals surface area contributed by atoms with Gasteiger partial charge in [0.25, 0.3) is 0 Å². The highest BCUT2D eigenvalue weighted by Gasteiger charge is 2.18. The number of aromatic nitrogens is 6. The van der Waals surface area contributed by atoms with E-state index in [0.29, 0.717) is 34.5 Å². The molecule has 0 saturated carbocycles. The van der Waals surface area contributed by atoms with E-state index in [1.807, 2.05) is 115 Å². The summed E-state index contributed by atoms with van der Waals surface area (Å²) >= 11 is 0. The summed E-state index contributed by atoms with van der Waals surface area (Å²) in [6.07, 6.45) is 3.57. The molecule has 0 amide bonds. The lowest BCUT2D eigenvalue weighted by molar-refractivity contribution is 0.668. The van der Waals surface area contributed by atoms with Gasteiger partial charge in [0.1, 0.15) is 11.2 Å². The molecule has 3 aromatic carbocycles. The van der Waals surface area contributed by atoms with Gasteiger partial charge >= 0.3 is 0 Å². The van der Waals surface area contributed by atoms with E-state index in [1.165, 1.54) is 0 Å². The van der Waals surface area contributed by atoms with Gasteiger partial charge in [-0.3, -0.25) is 4.98 Å². The predicted octanol–water partition coefficient (Wildman–Crippen LogP) is 7.78. The first-order chi connectivity index (χ1) is 20.3. The van der Waals surface area contributed by atoms with Crippen LogP contribution in [0.2, 0.25) is 0 Å². The third kappa shape index (κ3) is 4.08. The van der Waals surface area contributed by atoms with Crippen molar-refractivity contribution in [3.63, 3.8) is 0 Å². The van der Waals surface area contributed by atoms with Gasteiger partial charge in [-0.25, -0.2) is 24.9 Å². The molecule has 0 fully saturated rings. The Bertz CT molecular complexity index is 2150. The van der Waals surface area contributed by atoms with E-state index in [4.69, 9.17) is 29.3 Å². The zero-order valence-corrected chi connectivity index (χ0v) is 21.6. The van der Waals surface area contributed by atoms with Crippen molar-refractivity contribution >= 4 is 33.0 Å². The highest BCUT2D eigenvalue weighted by atomic mass is 16.3. The summed E-state index contributed by atoms with van der Waals surface area (Å²) in [7, 11) is 0. The molecule has 5 aromatic heterocycles. The highest BCUT2D eigenvalue weighted by Crippen LogP contribution is 2.34. The first kappa shape index (κ1) is 23.1. The number of furan rings is 1. The minimum Gasteiger partial charge on any atom is -0.456 e. The molecule has 8 aromatic rings. The summed E-state index contributed by atoms with van der Waals surface area (Å²) in [5, 5.41) is 2.83. The summed E-state index contributed by atoms with van der Waals surface area (Å²) in [6.45, 7) is 0. The molecule has 8 rings (SSSR count). The van der Waals surface area contributed by atoms with Crippen LogP contribution in [0.1, 0.15) is 0 Å². The number of rotatable bonds is 4. The van der Waals surface area contributed by atoms with Gasteiger partial charge in [-0.15, -0.1) is 0 Å². The maximum Gasteiger partial charge on any atom is 0.164 e. The third-order valence-electron chi connectivity index (χ3n) is 7.05. The molecular formula is C34H20N6O. The zero-order chi connectivity index (χ0) is 27.2. The number of pyridine rings is 3. The molecule has 0 radical (unpaired) electrons. The molecule has 0 atom stereocenters. The SMILES string of the molecule is c1ccc(-c2nc(-c3ccccc3)nc(-c3cc(-c4cc5oc6ccccc6c5cn4)nc4ncccc34)n2)cc1. The van der Waals surface area contributed by atoms with E-state index >= 15 is 0 Å². The lowest BCUT2D eigenvalue weighted by atomic mass is 10.1. The minimum absolute atomic E-state index is 0.532. The normalized spacial score (nSPS) is 11.4. The molecule has 0 spiro atoms. The number of nitrogens with zero attached hydrogens (tertiary/aromatic N) is 6. The lowest BCUT2D eigenvalue weighted by Crippen LogP contribution is -2.01. The summed E-state index contributed by atoms with van der Waals surface area (Å²) in [5.74, 6) is 1.71. The molecule has 0 unspecified atom stereocenters. The third-order valence-corrected chi connectivity index (χ3v) is 7.05.